The van der Waals surface area contributed by atoms with Gasteiger partial charge in [0, 0.05) is 6.42 Å². The second-order valence-electron chi connectivity index (χ2n) is 11.4. The van der Waals surface area contributed by atoms with Gasteiger partial charge in [-0.05, 0) is 38.5 Å². The first-order chi connectivity index (χ1) is 18.1. The van der Waals surface area contributed by atoms with Gasteiger partial charge in [-0.2, -0.15) is 0 Å². The standard InChI is InChI=1S/C34H65NO2/c1-3-5-7-9-11-13-15-17-18-19-21-23-25-27-29-31-33(36)32(34(35)37)30-28-26-24-22-20-16-14-12-10-8-6-4-2/h17-18,32H,3-16,19-31H2,1-2H3,(H2,35,37). The number of allylic oxidation sites excluding steroid dienone is 2. The van der Waals surface area contributed by atoms with Gasteiger partial charge in [0.25, 0.3) is 0 Å². The van der Waals surface area contributed by atoms with Crippen molar-refractivity contribution in [3.8, 4) is 0 Å². The second kappa shape index (κ2) is 29.4. The van der Waals surface area contributed by atoms with Crippen LogP contribution in [-0.2, 0) is 9.59 Å². The summed E-state index contributed by atoms with van der Waals surface area (Å²) >= 11 is 0. The number of primary amides is 1. The van der Waals surface area contributed by atoms with Crippen molar-refractivity contribution in [3.63, 3.8) is 0 Å². The van der Waals surface area contributed by atoms with Crippen LogP contribution in [0.15, 0.2) is 12.2 Å². The van der Waals surface area contributed by atoms with Gasteiger partial charge in [-0.25, -0.2) is 0 Å². The van der Waals surface area contributed by atoms with E-state index in [0.29, 0.717) is 12.8 Å². The van der Waals surface area contributed by atoms with Gasteiger partial charge in [0.15, 0.2) is 0 Å². The van der Waals surface area contributed by atoms with Crippen LogP contribution in [0.25, 0.3) is 0 Å². The summed E-state index contributed by atoms with van der Waals surface area (Å²) in [4.78, 5) is 24.4. The van der Waals surface area contributed by atoms with Crippen molar-refractivity contribution in [1.29, 1.82) is 0 Å². The summed E-state index contributed by atoms with van der Waals surface area (Å²) < 4.78 is 0. The molecular weight excluding hydrogens is 454 g/mol. The van der Waals surface area contributed by atoms with Crippen LogP contribution in [0.3, 0.4) is 0 Å². The van der Waals surface area contributed by atoms with Crippen molar-refractivity contribution in [2.45, 2.75) is 187 Å². The Labute approximate surface area is 232 Å². The van der Waals surface area contributed by atoms with Crippen molar-refractivity contribution in [3.05, 3.63) is 12.2 Å². The largest absolute Gasteiger partial charge is 0.369 e. The average molecular weight is 520 g/mol. The lowest BCUT2D eigenvalue weighted by Gasteiger charge is -2.12. The number of unbranched alkanes of at least 4 members (excludes halogenated alkanes) is 22. The van der Waals surface area contributed by atoms with E-state index in [9.17, 15) is 9.59 Å². The topological polar surface area (TPSA) is 60.2 Å². The van der Waals surface area contributed by atoms with E-state index in [1.807, 2.05) is 0 Å². The molecule has 37 heavy (non-hydrogen) atoms. The van der Waals surface area contributed by atoms with Gasteiger partial charge in [-0.1, -0.05) is 154 Å². The van der Waals surface area contributed by atoms with Gasteiger partial charge in [0.05, 0.1) is 5.92 Å². The third-order valence-electron chi connectivity index (χ3n) is 7.76. The Morgan fingerprint density at radius 3 is 1.27 bits per heavy atom. The first-order valence-corrected chi connectivity index (χ1v) is 16.6. The molecule has 0 spiro atoms. The molecule has 0 aliphatic rings. The van der Waals surface area contributed by atoms with Crippen LogP contribution in [0.4, 0.5) is 0 Å². The Bertz CT molecular complexity index is 528. The Hall–Kier alpha value is -1.12. The minimum atomic E-state index is -0.556. The highest BCUT2D eigenvalue weighted by atomic mass is 16.2. The monoisotopic (exact) mass is 520 g/mol. The Morgan fingerprint density at radius 2 is 0.865 bits per heavy atom. The summed E-state index contributed by atoms with van der Waals surface area (Å²) in [5.74, 6) is -0.895. The van der Waals surface area contributed by atoms with E-state index in [0.717, 1.165) is 25.7 Å². The molecule has 218 valence electrons. The zero-order valence-corrected chi connectivity index (χ0v) is 25.2. The van der Waals surface area contributed by atoms with Gasteiger partial charge >= 0.3 is 0 Å². The third kappa shape index (κ3) is 26.3. The number of ketones is 1. The molecule has 3 heteroatoms. The molecule has 0 fully saturated rings. The summed E-state index contributed by atoms with van der Waals surface area (Å²) in [6.45, 7) is 4.53. The summed E-state index contributed by atoms with van der Waals surface area (Å²) in [5, 5.41) is 0. The lowest BCUT2D eigenvalue weighted by Crippen LogP contribution is -2.30. The normalized spacial score (nSPS) is 12.4. The van der Waals surface area contributed by atoms with Crippen LogP contribution in [0.5, 0.6) is 0 Å². The minimum absolute atomic E-state index is 0.0770. The van der Waals surface area contributed by atoms with E-state index in [4.69, 9.17) is 5.73 Å². The highest BCUT2D eigenvalue weighted by Crippen LogP contribution is 2.18. The molecule has 0 saturated heterocycles. The maximum Gasteiger partial charge on any atom is 0.227 e. The predicted molar refractivity (Wildman–Crippen MR) is 163 cm³/mol. The zero-order chi connectivity index (χ0) is 27.2. The van der Waals surface area contributed by atoms with Crippen LogP contribution in [0.1, 0.15) is 187 Å². The first-order valence-electron chi connectivity index (χ1n) is 16.6. The second-order valence-corrected chi connectivity index (χ2v) is 11.4. The maximum atomic E-state index is 12.5. The van der Waals surface area contributed by atoms with Gasteiger partial charge in [0.1, 0.15) is 5.78 Å². The first kappa shape index (κ1) is 35.9. The van der Waals surface area contributed by atoms with Gasteiger partial charge in [-0.15, -0.1) is 0 Å². The summed E-state index contributed by atoms with van der Waals surface area (Å²) in [6, 6.07) is 0. The quantitative estimate of drug-likeness (QED) is 0.0582. The molecule has 1 atom stereocenters. The number of rotatable bonds is 30. The molecule has 0 aromatic rings. The molecule has 1 unspecified atom stereocenters. The third-order valence-corrected chi connectivity index (χ3v) is 7.76. The fourth-order valence-corrected chi connectivity index (χ4v) is 5.20. The molecule has 2 N–H and O–H groups in total. The number of hydrogen-bond acceptors (Lipinski definition) is 2. The highest BCUT2D eigenvalue weighted by molar-refractivity contribution is 6.00. The average Bonchev–Trinajstić information content (AvgIpc) is 2.88. The number of amides is 1. The number of carbonyl (C=O) groups excluding carboxylic acids is 2. The molecule has 0 saturated carbocycles. The number of Topliss-reactive ketones (excluding diaryl/α,β-unsaturated/α-hetero) is 1. The fraction of sp³-hybridized carbons (Fsp3) is 0.882. The summed E-state index contributed by atoms with van der Waals surface area (Å²) in [7, 11) is 0. The van der Waals surface area contributed by atoms with E-state index in [1.54, 1.807) is 0 Å². The van der Waals surface area contributed by atoms with Crippen molar-refractivity contribution < 1.29 is 9.59 Å². The van der Waals surface area contributed by atoms with Gasteiger partial charge < -0.3 is 5.73 Å². The molecule has 0 heterocycles. The van der Waals surface area contributed by atoms with Crippen LogP contribution in [-0.4, -0.2) is 11.7 Å². The number of hydrogen-bond donors (Lipinski definition) is 1. The van der Waals surface area contributed by atoms with Crippen LogP contribution >= 0.6 is 0 Å². The SMILES string of the molecule is CCCCCCCCC=CCCCCCCCC(=O)C(CCCCCCCCCCCCCC)C(N)=O. The fourth-order valence-electron chi connectivity index (χ4n) is 5.20. The molecule has 0 aromatic carbocycles. The van der Waals surface area contributed by atoms with Crippen LogP contribution in [0.2, 0.25) is 0 Å². The maximum absolute atomic E-state index is 12.5. The molecular formula is C34H65NO2. The Morgan fingerprint density at radius 1 is 0.514 bits per heavy atom. The van der Waals surface area contributed by atoms with Gasteiger partial charge in [-0.3, -0.25) is 9.59 Å². The van der Waals surface area contributed by atoms with Crippen molar-refractivity contribution in [2.75, 3.05) is 0 Å². The molecule has 1 amide bonds. The molecule has 0 bridgehead atoms. The van der Waals surface area contributed by atoms with Crippen molar-refractivity contribution in [1.82, 2.24) is 0 Å². The Balaban J connectivity index is 3.60. The van der Waals surface area contributed by atoms with E-state index in [2.05, 4.69) is 26.0 Å². The molecule has 0 rings (SSSR count). The summed E-state index contributed by atoms with van der Waals surface area (Å²) in [6.07, 6.45) is 37.6. The predicted octanol–water partition coefficient (Wildman–Crippen LogP) is 10.8. The van der Waals surface area contributed by atoms with E-state index < -0.39 is 11.8 Å². The summed E-state index contributed by atoms with van der Waals surface area (Å²) in [5.41, 5.74) is 5.57. The molecule has 0 radical (unpaired) electrons. The van der Waals surface area contributed by atoms with Crippen LogP contribution < -0.4 is 5.73 Å². The smallest absolute Gasteiger partial charge is 0.227 e. The van der Waals surface area contributed by atoms with Crippen molar-refractivity contribution in [2.24, 2.45) is 11.7 Å². The Kier molecular flexibility index (Phi) is 28.5. The molecule has 0 aliphatic carbocycles. The van der Waals surface area contributed by atoms with Crippen molar-refractivity contribution >= 4 is 11.7 Å². The zero-order valence-electron chi connectivity index (χ0n) is 25.2. The minimum Gasteiger partial charge on any atom is -0.369 e. The van der Waals surface area contributed by atoms with Crippen LogP contribution in [0, 0.1) is 5.92 Å². The molecule has 0 aliphatic heterocycles. The van der Waals surface area contributed by atoms with Gasteiger partial charge in [0.2, 0.25) is 5.91 Å². The van der Waals surface area contributed by atoms with E-state index in [1.165, 1.54) is 135 Å². The number of carbonyl (C=O) groups is 2. The number of nitrogens with two attached hydrogens (primary N) is 1. The highest BCUT2D eigenvalue weighted by Gasteiger charge is 2.22. The molecule has 0 aromatic heterocycles. The lowest BCUT2D eigenvalue weighted by atomic mass is 9.92. The van der Waals surface area contributed by atoms with E-state index >= 15 is 0 Å². The van der Waals surface area contributed by atoms with E-state index in [-0.39, 0.29) is 5.78 Å². The lowest BCUT2D eigenvalue weighted by molar-refractivity contribution is -0.132. The molecule has 3 nitrogen and oxygen atoms in total.